The largest absolute Gasteiger partial charge is 0.360 e. The van der Waals surface area contributed by atoms with Crippen molar-refractivity contribution in [3.63, 3.8) is 0 Å². The molecule has 6 heteroatoms. The van der Waals surface area contributed by atoms with Crippen molar-refractivity contribution in [1.82, 2.24) is 5.32 Å². The highest BCUT2D eigenvalue weighted by Gasteiger charge is 2.09. The van der Waals surface area contributed by atoms with Gasteiger partial charge in [-0.05, 0) is 38.1 Å². The molecule has 21 heavy (non-hydrogen) atoms. The van der Waals surface area contributed by atoms with Crippen molar-refractivity contribution < 1.29 is 9.59 Å². The van der Waals surface area contributed by atoms with Gasteiger partial charge in [-0.15, -0.1) is 0 Å². The number of nitrogens with one attached hydrogen (secondary N) is 3. The zero-order chi connectivity index (χ0) is 15.8. The molecule has 1 aromatic carbocycles. The molecule has 0 saturated heterocycles. The maximum atomic E-state index is 11.7. The number of hydrogen-bond donors (Lipinski definition) is 3. The minimum Gasteiger partial charge on any atom is -0.360 e. The minimum atomic E-state index is -0.421. The van der Waals surface area contributed by atoms with Crippen molar-refractivity contribution in [3.05, 3.63) is 36.0 Å². The number of anilines is 2. The molecule has 0 heterocycles. The summed E-state index contributed by atoms with van der Waals surface area (Å²) in [6.07, 6.45) is 1.35. The van der Waals surface area contributed by atoms with Crippen LogP contribution in [0.15, 0.2) is 36.0 Å². The first-order chi connectivity index (χ1) is 9.92. The first kappa shape index (κ1) is 16.2. The van der Waals surface area contributed by atoms with E-state index in [1.165, 1.54) is 13.1 Å². The van der Waals surface area contributed by atoms with Gasteiger partial charge in [-0.2, -0.15) is 5.26 Å². The van der Waals surface area contributed by atoms with Crippen molar-refractivity contribution in [3.8, 4) is 6.07 Å². The summed E-state index contributed by atoms with van der Waals surface area (Å²) in [6.45, 7) is 5.07. The van der Waals surface area contributed by atoms with Gasteiger partial charge in [0.15, 0.2) is 0 Å². The number of nitriles is 1. The molecule has 110 valence electrons. The highest BCUT2D eigenvalue weighted by atomic mass is 16.2. The molecular weight excluding hydrogens is 268 g/mol. The summed E-state index contributed by atoms with van der Waals surface area (Å²) in [7, 11) is 0. The molecule has 0 aliphatic carbocycles. The molecule has 1 rings (SSSR count). The molecule has 0 aliphatic rings. The lowest BCUT2D eigenvalue weighted by Gasteiger charge is -2.08. The molecule has 1 aromatic rings. The van der Waals surface area contributed by atoms with E-state index < -0.39 is 5.91 Å². The average molecular weight is 286 g/mol. The standard InChI is InChI=1S/C15H18N4O2/c1-10(2)18-15(21)12(8-16)9-17-13-4-6-14(7-5-13)19-11(3)20/h4-7,9-10,17H,1-3H3,(H,18,21)(H,19,20)/b12-9-. The third-order valence-electron chi connectivity index (χ3n) is 2.37. The van der Waals surface area contributed by atoms with Crippen LogP contribution in [-0.2, 0) is 9.59 Å². The lowest BCUT2D eigenvalue weighted by atomic mass is 10.2. The summed E-state index contributed by atoms with van der Waals surface area (Å²) < 4.78 is 0. The number of hydrogen-bond acceptors (Lipinski definition) is 4. The van der Waals surface area contributed by atoms with E-state index in [-0.39, 0.29) is 17.5 Å². The summed E-state index contributed by atoms with van der Waals surface area (Å²) in [5, 5.41) is 17.1. The third-order valence-corrected chi connectivity index (χ3v) is 2.37. The summed E-state index contributed by atoms with van der Waals surface area (Å²) in [6, 6.07) is 8.72. The summed E-state index contributed by atoms with van der Waals surface area (Å²) in [5.74, 6) is -0.567. The van der Waals surface area contributed by atoms with Gasteiger partial charge in [0.25, 0.3) is 5.91 Å². The van der Waals surface area contributed by atoms with E-state index in [0.29, 0.717) is 11.4 Å². The third kappa shape index (κ3) is 5.78. The Kier molecular flexibility index (Phi) is 5.96. The average Bonchev–Trinajstić information content (AvgIpc) is 2.40. The van der Waals surface area contributed by atoms with Crippen LogP contribution in [0.3, 0.4) is 0 Å². The van der Waals surface area contributed by atoms with Gasteiger partial charge < -0.3 is 16.0 Å². The topological polar surface area (TPSA) is 94.0 Å². The van der Waals surface area contributed by atoms with E-state index in [2.05, 4.69) is 16.0 Å². The molecule has 0 radical (unpaired) electrons. The zero-order valence-electron chi connectivity index (χ0n) is 12.2. The van der Waals surface area contributed by atoms with E-state index in [4.69, 9.17) is 5.26 Å². The van der Waals surface area contributed by atoms with Crippen molar-refractivity contribution in [1.29, 1.82) is 5.26 Å². The van der Waals surface area contributed by atoms with Crippen LogP contribution in [0.2, 0.25) is 0 Å². The second-order valence-electron chi connectivity index (χ2n) is 4.70. The first-order valence-corrected chi connectivity index (χ1v) is 6.47. The van der Waals surface area contributed by atoms with Crippen LogP contribution in [-0.4, -0.2) is 17.9 Å². The Balaban J connectivity index is 2.71. The number of carbonyl (C=O) groups is 2. The van der Waals surface area contributed by atoms with Crippen LogP contribution in [0.5, 0.6) is 0 Å². The molecule has 6 nitrogen and oxygen atoms in total. The van der Waals surface area contributed by atoms with Gasteiger partial charge in [-0.1, -0.05) is 0 Å². The second kappa shape index (κ2) is 7.70. The highest BCUT2D eigenvalue weighted by Crippen LogP contribution is 2.13. The maximum absolute atomic E-state index is 11.7. The van der Waals surface area contributed by atoms with E-state index in [1.807, 2.05) is 19.9 Å². The normalized spacial score (nSPS) is 10.7. The van der Waals surface area contributed by atoms with Gasteiger partial charge >= 0.3 is 0 Å². The van der Waals surface area contributed by atoms with E-state index in [0.717, 1.165) is 0 Å². The maximum Gasteiger partial charge on any atom is 0.263 e. The van der Waals surface area contributed by atoms with E-state index >= 15 is 0 Å². The summed E-state index contributed by atoms with van der Waals surface area (Å²) in [5.41, 5.74) is 1.37. The van der Waals surface area contributed by atoms with Crippen LogP contribution in [0.25, 0.3) is 0 Å². The highest BCUT2D eigenvalue weighted by molar-refractivity contribution is 5.97. The second-order valence-corrected chi connectivity index (χ2v) is 4.70. The predicted molar refractivity (Wildman–Crippen MR) is 81.3 cm³/mol. The van der Waals surface area contributed by atoms with E-state index in [9.17, 15) is 9.59 Å². The van der Waals surface area contributed by atoms with Gasteiger partial charge in [0.1, 0.15) is 11.6 Å². The zero-order valence-corrected chi connectivity index (χ0v) is 12.2. The number of amides is 2. The molecular formula is C15H18N4O2. The Bertz CT molecular complexity index is 583. The predicted octanol–water partition coefficient (Wildman–Crippen LogP) is 1.99. The fourth-order valence-corrected chi connectivity index (χ4v) is 1.50. The van der Waals surface area contributed by atoms with E-state index in [1.54, 1.807) is 24.3 Å². The van der Waals surface area contributed by atoms with Crippen LogP contribution in [0.1, 0.15) is 20.8 Å². The molecule has 0 spiro atoms. The molecule has 0 saturated carbocycles. The molecule has 3 N–H and O–H groups in total. The van der Waals surface area contributed by atoms with Crippen LogP contribution < -0.4 is 16.0 Å². The number of rotatable bonds is 5. The lowest BCUT2D eigenvalue weighted by Crippen LogP contribution is -2.31. The summed E-state index contributed by atoms with van der Waals surface area (Å²) >= 11 is 0. The van der Waals surface area contributed by atoms with Gasteiger partial charge in [0.05, 0.1) is 0 Å². The van der Waals surface area contributed by atoms with Crippen molar-refractivity contribution in [2.24, 2.45) is 0 Å². The Labute approximate surface area is 123 Å². The van der Waals surface area contributed by atoms with Crippen LogP contribution in [0.4, 0.5) is 11.4 Å². The van der Waals surface area contributed by atoms with Crippen molar-refractivity contribution >= 4 is 23.2 Å². The Morgan fingerprint density at radius 2 is 1.76 bits per heavy atom. The quantitative estimate of drug-likeness (QED) is 0.570. The van der Waals surface area contributed by atoms with Gasteiger partial charge in [-0.3, -0.25) is 9.59 Å². The van der Waals surface area contributed by atoms with Crippen molar-refractivity contribution in [2.45, 2.75) is 26.8 Å². The molecule has 0 aliphatic heterocycles. The molecule has 2 amide bonds. The van der Waals surface area contributed by atoms with Crippen LogP contribution in [0, 0.1) is 11.3 Å². The summed E-state index contributed by atoms with van der Waals surface area (Å²) in [4.78, 5) is 22.6. The Morgan fingerprint density at radius 3 is 2.24 bits per heavy atom. The SMILES string of the molecule is CC(=O)Nc1ccc(N/C=C(/C#N)C(=O)NC(C)C)cc1. The molecule has 0 aromatic heterocycles. The molecule has 0 fully saturated rings. The fraction of sp³-hybridized carbons (Fsp3) is 0.267. The monoisotopic (exact) mass is 286 g/mol. The van der Waals surface area contributed by atoms with Gasteiger partial charge in [0, 0.05) is 30.5 Å². The molecule has 0 atom stereocenters. The Morgan fingerprint density at radius 1 is 1.19 bits per heavy atom. The lowest BCUT2D eigenvalue weighted by molar-refractivity contribution is -0.117. The fourth-order valence-electron chi connectivity index (χ4n) is 1.50. The number of benzene rings is 1. The van der Waals surface area contributed by atoms with Gasteiger partial charge in [0.2, 0.25) is 5.91 Å². The first-order valence-electron chi connectivity index (χ1n) is 6.47. The number of nitrogens with zero attached hydrogens (tertiary/aromatic N) is 1. The van der Waals surface area contributed by atoms with Gasteiger partial charge in [-0.25, -0.2) is 0 Å². The minimum absolute atomic E-state index is 0.00497. The molecule has 0 unspecified atom stereocenters. The smallest absolute Gasteiger partial charge is 0.263 e. The van der Waals surface area contributed by atoms with Crippen molar-refractivity contribution in [2.75, 3.05) is 10.6 Å². The molecule has 0 bridgehead atoms. The number of carbonyl (C=O) groups excluding carboxylic acids is 2. The Hall–Kier alpha value is -2.81. The van der Waals surface area contributed by atoms with Crippen LogP contribution >= 0.6 is 0 Å².